The molecule has 1 aliphatic heterocycles. The Morgan fingerprint density at radius 1 is 1.38 bits per heavy atom. The van der Waals surface area contributed by atoms with Crippen molar-refractivity contribution in [1.29, 1.82) is 0 Å². The van der Waals surface area contributed by atoms with Crippen molar-refractivity contribution in [1.82, 2.24) is 4.90 Å². The van der Waals surface area contributed by atoms with Gasteiger partial charge in [0.1, 0.15) is 0 Å². The molecule has 1 saturated heterocycles. The minimum absolute atomic E-state index is 0.255. The van der Waals surface area contributed by atoms with Gasteiger partial charge in [-0.3, -0.25) is 4.90 Å². The van der Waals surface area contributed by atoms with E-state index < -0.39 is 12.0 Å². The van der Waals surface area contributed by atoms with Crippen molar-refractivity contribution in [2.45, 2.75) is 46.1 Å². The summed E-state index contributed by atoms with van der Waals surface area (Å²) in [5, 5.41) is 0. The fraction of sp³-hybridized carbons (Fsp3) is 0.846. The van der Waals surface area contributed by atoms with Gasteiger partial charge in [0.2, 0.25) is 0 Å². The van der Waals surface area contributed by atoms with Gasteiger partial charge >= 0.3 is 0 Å². The number of likely N-dealkylation sites (tertiary alicyclic amines) is 1. The quantitative estimate of drug-likeness (QED) is 0.530. The molecule has 0 bridgehead atoms. The summed E-state index contributed by atoms with van der Waals surface area (Å²) in [6.07, 6.45) is -0.477. The van der Waals surface area contributed by atoms with Gasteiger partial charge in [-0.25, -0.2) is 8.78 Å². The molecule has 0 saturated carbocycles. The zero-order valence-corrected chi connectivity index (χ0v) is 10.8. The van der Waals surface area contributed by atoms with Gasteiger partial charge in [-0.2, -0.15) is 0 Å². The Balaban J connectivity index is 2.73. The summed E-state index contributed by atoms with van der Waals surface area (Å²) in [6, 6.07) is 0. The molecular formula is C13H23F2N. The van der Waals surface area contributed by atoms with Crippen molar-refractivity contribution in [3.8, 4) is 0 Å². The summed E-state index contributed by atoms with van der Waals surface area (Å²) in [7, 11) is 0. The van der Waals surface area contributed by atoms with Crippen molar-refractivity contribution in [3.05, 3.63) is 12.2 Å². The van der Waals surface area contributed by atoms with E-state index in [9.17, 15) is 8.78 Å². The van der Waals surface area contributed by atoms with E-state index in [1.807, 2.05) is 0 Å². The van der Waals surface area contributed by atoms with E-state index in [2.05, 4.69) is 20.4 Å². The molecule has 0 aromatic rings. The van der Waals surface area contributed by atoms with Crippen LogP contribution < -0.4 is 0 Å². The molecule has 3 heteroatoms. The van der Waals surface area contributed by atoms with E-state index in [0.717, 1.165) is 6.42 Å². The second-order valence-corrected chi connectivity index (χ2v) is 5.59. The zero-order valence-electron chi connectivity index (χ0n) is 10.8. The van der Waals surface area contributed by atoms with Crippen LogP contribution in [-0.4, -0.2) is 30.0 Å². The fourth-order valence-corrected chi connectivity index (χ4v) is 2.44. The summed E-state index contributed by atoms with van der Waals surface area (Å²) >= 11 is 0. The molecule has 0 aliphatic carbocycles. The first kappa shape index (κ1) is 13.6. The predicted octanol–water partition coefficient (Wildman–Crippen LogP) is 3.56. The maximum Gasteiger partial charge on any atom is 0.191 e. The van der Waals surface area contributed by atoms with Crippen LogP contribution in [-0.2, 0) is 0 Å². The van der Waals surface area contributed by atoms with E-state index in [1.165, 1.54) is 6.92 Å². The molecule has 0 aromatic carbocycles. The molecular weight excluding hydrogens is 208 g/mol. The minimum atomic E-state index is -1.95. The van der Waals surface area contributed by atoms with E-state index >= 15 is 0 Å². The lowest BCUT2D eigenvalue weighted by Gasteiger charge is -2.40. The van der Waals surface area contributed by atoms with Gasteiger partial charge in [0.15, 0.2) is 12.0 Å². The Hall–Kier alpha value is -0.440. The van der Waals surface area contributed by atoms with Crippen LogP contribution in [0, 0.1) is 11.8 Å². The highest BCUT2D eigenvalue weighted by atomic mass is 19.2. The standard InChI is InChI=1S/C13H23F2N/c1-9(2)13(5,15)12(14)16-7-10(3)6-11(4)8-16/h10-12H,1,6-8H2,2-5H3. The van der Waals surface area contributed by atoms with Crippen molar-refractivity contribution >= 4 is 0 Å². The highest BCUT2D eigenvalue weighted by Crippen LogP contribution is 2.32. The average Bonchev–Trinajstić information content (AvgIpc) is 2.14. The Bertz CT molecular complexity index is 253. The zero-order chi connectivity index (χ0) is 12.5. The second kappa shape index (κ2) is 4.82. The highest BCUT2D eigenvalue weighted by molar-refractivity contribution is 5.11. The number of nitrogens with zero attached hydrogens (tertiary/aromatic N) is 1. The van der Waals surface area contributed by atoms with Gasteiger partial charge in [-0.05, 0) is 37.7 Å². The van der Waals surface area contributed by atoms with E-state index in [1.54, 1.807) is 11.8 Å². The molecule has 0 spiro atoms. The Morgan fingerprint density at radius 3 is 2.19 bits per heavy atom. The molecule has 1 fully saturated rings. The summed E-state index contributed by atoms with van der Waals surface area (Å²) in [4.78, 5) is 1.62. The molecule has 4 atom stereocenters. The van der Waals surface area contributed by atoms with Gasteiger partial charge in [0, 0.05) is 13.1 Å². The predicted molar refractivity (Wildman–Crippen MR) is 63.7 cm³/mol. The lowest BCUT2D eigenvalue weighted by molar-refractivity contribution is -0.0525. The first-order valence-electron chi connectivity index (χ1n) is 5.98. The highest BCUT2D eigenvalue weighted by Gasteiger charge is 2.41. The molecule has 94 valence electrons. The summed E-state index contributed by atoms with van der Waals surface area (Å²) in [6.45, 7) is 11.8. The molecule has 1 nitrogen and oxygen atoms in total. The van der Waals surface area contributed by atoms with E-state index in [0.29, 0.717) is 24.9 Å². The lowest BCUT2D eigenvalue weighted by atomic mass is 9.89. The van der Waals surface area contributed by atoms with Crippen LogP contribution in [0.3, 0.4) is 0 Å². The molecule has 16 heavy (non-hydrogen) atoms. The van der Waals surface area contributed by atoms with E-state index in [-0.39, 0.29) is 5.57 Å². The van der Waals surface area contributed by atoms with Crippen molar-refractivity contribution < 1.29 is 8.78 Å². The number of halogens is 2. The molecule has 0 radical (unpaired) electrons. The normalized spacial score (nSPS) is 33.1. The monoisotopic (exact) mass is 231 g/mol. The van der Waals surface area contributed by atoms with Crippen LogP contribution in [0.1, 0.15) is 34.1 Å². The Kier molecular flexibility index (Phi) is 4.11. The average molecular weight is 231 g/mol. The van der Waals surface area contributed by atoms with Crippen LogP contribution >= 0.6 is 0 Å². The molecule has 0 N–H and O–H groups in total. The third-order valence-electron chi connectivity index (χ3n) is 3.50. The van der Waals surface area contributed by atoms with Crippen LogP contribution in [0.5, 0.6) is 0 Å². The molecule has 1 aliphatic rings. The maximum absolute atomic E-state index is 14.2. The van der Waals surface area contributed by atoms with Gasteiger partial charge in [0.25, 0.3) is 0 Å². The topological polar surface area (TPSA) is 3.24 Å². The van der Waals surface area contributed by atoms with Crippen LogP contribution in [0.4, 0.5) is 8.78 Å². The van der Waals surface area contributed by atoms with Gasteiger partial charge in [-0.15, -0.1) is 0 Å². The van der Waals surface area contributed by atoms with Gasteiger partial charge in [-0.1, -0.05) is 20.4 Å². The molecule has 1 rings (SSSR count). The second-order valence-electron chi connectivity index (χ2n) is 5.59. The number of hydrogen-bond acceptors (Lipinski definition) is 1. The molecule has 1 heterocycles. The third-order valence-corrected chi connectivity index (χ3v) is 3.50. The third kappa shape index (κ3) is 2.82. The minimum Gasteiger partial charge on any atom is -0.270 e. The summed E-state index contributed by atoms with van der Waals surface area (Å²) in [5.41, 5.74) is -1.69. The van der Waals surface area contributed by atoms with E-state index in [4.69, 9.17) is 0 Å². The number of hydrogen-bond donors (Lipinski definition) is 0. The smallest absolute Gasteiger partial charge is 0.191 e. The van der Waals surface area contributed by atoms with Crippen molar-refractivity contribution in [2.75, 3.05) is 13.1 Å². The van der Waals surface area contributed by atoms with Crippen LogP contribution in [0.15, 0.2) is 12.2 Å². The van der Waals surface area contributed by atoms with Crippen molar-refractivity contribution in [2.24, 2.45) is 11.8 Å². The van der Waals surface area contributed by atoms with Gasteiger partial charge in [0.05, 0.1) is 0 Å². The number of rotatable bonds is 3. The number of piperidine rings is 1. The van der Waals surface area contributed by atoms with Crippen molar-refractivity contribution in [3.63, 3.8) is 0 Å². The maximum atomic E-state index is 14.2. The Morgan fingerprint density at radius 2 is 1.81 bits per heavy atom. The molecule has 4 unspecified atom stereocenters. The molecule has 0 aromatic heterocycles. The first-order chi connectivity index (χ1) is 7.25. The lowest BCUT2D eigenvalue weighted by Crippen LogP contribution is -2.51. The summed E-state index contributed by atoms with van der Waals surface area (Å²) < 4.78 is 28.3. The SMILES string of the molecule is C=C(C)C(C)(F)C(F)N1CC(C)CC(C)C1. The largest absolute Gasteiger partial charge is 0.270 e. The fourth-order valence-electron chi connectivity index (χ4n) is 2.44. The summed E-state index contributed by atoms with van der Waals surface area (Å²) in [5.74, 6) is 0.867. The van der Waals surface area contributed by atoms with Gasteiger partial charge < -0.3 is 0 Å². The first-order valence-corrected chi connectivity index (χ1v) is 5.98. The molecule has 0 amide bonds. The number of alkyl halides is 2. The Labute approximate surface area is 97.5 Å². The van der Waals surface area contributed by atoms with Crippen LogP contribution in [0.2, 0.25) is 0 Å². The van der Waals surface area contributed by atoms with Crippen LogP contribution in [0.25, 0.3) is 0 Å².